The summed E-state index contributed by atoms with van der Waals surface area (Å²) in [6.07, 6.45) is 0.551. The van der Waals surface area contributed by atoms with Crippen LogP contribution in [0.4, 0.5) is 0 Å². The van der Waals surface area contributed by atoms with Gasteiger partial charge in [0.1, 0.15) is 0 Å². The Kier molecular flexibility index (Phi) is 6.91. The summed E-state index contributed by atoms with van der Waals surface area (Å²) in [4.78, 5) is 0. The molecule has 5 heteroatoms. The fraction of sp³-hybridized carbons (Fsp3) is 1.00. The van der Waals surface area contributed by atoms with Crippen molar-refractivity contribution in [2.24, 2.45) is 5.92 Å². The highest BCUT2D eigenvalue weighted by molar-refractivity contribution is 4.79. The molecule has 0 amide bonds. The standard InChI is InChI=1S/C11H23NO4/c1-15-4-5-16-8-10(13)6-9-7-12-3-2-11(9)14/h9-14H,2-8H2,1H3. The number of piperidine rings is 1. The minimum Gasteiger partial charge on any atom is -0.393 e. The molecule has 96 valence electrons. The lowest BCUT2D eigenvalue weighted by atomic mass is 9.91. The zero-order chi connectivity index (χ0) is 11.8. The third kappa shape index (κ3) is 5.23. The van der Waals surface area contributed by atoms with Crippen LogP contribution in [0.15, 0.2) is 0 Å². The molecule has 0 spiro atoms. The first-order valence-corrected chi connectivity index (χ1v) is 5.87. The van der Waals surface area contributed by atoms with Crippen LogP contribution < -0.4 is 5.32 Å². The monoisotopic (exact) mass is 233 g/mol. The Morgan fingerprint density at radius 1 is 1.44 bits per heavy atom. The van der Waals surface area contributed by atoms with Crippen molar-refractivity contribution in [2.75, 3.05) is 40.0 Å². The molecule has 0 saturated carbocycles. The zero-order valence-corrected chi connectivity index (χ0v) is 9.89. The maximum absolute atomic E-state index is 9.72. The van der Waals surface area contributed by atoms with Crippen LogP contribution in [-0.2, 0) is 9.47 Å². The molecule has 3 N–H and O–H groups in total. The number of hydrogen-bond acceptors (Lipinski definition) is 5. The van der Waals surface area contributed by atoms with E-state index in [-0.39, 0.29) is 12.0 Å². The molecular weight excluding hydrogens is 210 g/mol. The summed E-state index contributed by atoms with van der Waals surface area (Å²) in [5.74, 6) is 0.134. The van der Waals surface area contributed by atoms with Gasteiger partial charge in [-0.2, -0.15) is 0 Å². The van der Waals surface area contributed by atoms with Crippen molar-refractivity contribution in [3.63, 3.8) is 0 Å². The molecule has 1 aliphatic rings. The Hall–Kier alpha value is -0.200. The Morgan fingerprint density at radius 2 is 2.25 bits per heavy atom. The van der Waals surface area contributed by atoms with E-state index in [2.05, 4.69) is 5.32 Å². The molecule has 1 saturated heterocycles. The average Bonchev–Trinajstić information content (AvgIpc) is 2.28. The van der Waals surface area contributed by atoms with Gasteiger partial charge in [0.15, 0.2) is 0 Å². The summed E-state index contributed by atoms with van der Waals surface area (Å²) < 4.78 is 10.1. The number of aliphatic hydroxyl groups excluding tert-OH is 2. The van der Waals surface area contributed by atoms with Crippen LogP contribution in [0.2, 0.25) is 0 Å². The van der Waals surface area contributed by atoms with E-state index in [9.17, 15) is 10.2 Å². The Bertz CT molecular complexity index is 179. The van der Waals surface area contributed by atoms with Gasteiger partial charge >= 0.3 is 0 Å². The molecular formula is C11H23NO4. The second kappa shape index (κ2) is 7.97. The maximum Gasteiger partial charge on any atom is 0.0777 e. The zero-order valence-electron chi connectivity index (χ0n) is 9.89. The van der Waals surface area contributed by atoms with Crippen molar-refractivity contribution in [1.29, 1.82) is 0 Å². The smallest absolute Gasteiger partial charge is 0.0777 e. The van der Waals surface area contributed by atoms with Gasteiger partial charge < -0.3 is 25.0 Å². The molecule has 1 rings (SSSR count). The predicted molar refractivity (Wildman–Crippen MR) is 60.3 cm³/mol. The van der Waals surface area contributed by atoms with Gasteiger partial charge in [-0.25, -0.2) is 0 Å². The van der Waals surface area contributed by atoms with E-state index < -0.39 is 6.10 Å². The van der Waals surface area contributed by atoms with Crippen LogP contribution >= 0.6 is 0 Å². The summed E-state index contributed by atoms with van der Waals surface area (Å²) in [6, 6.07) is 0. The molecule has 1 aliphatic heterocycles. The largest absolute Gasteiger partial charge is 0.393 e. The molecule has 0 aromatic carbocycles. The van der Waals surface area contributed by atoms with Gasteiger partial charge in [-0.05, 0) is 25.3 Å². The van der Waals surface area contributed by atoms with Crippen molar-refractivity contribution >= 4 is 0 Å². The minimum atomic E-state index is -0.503. The van der Waals surface area contributed by atoms with E-state index in [1.807, 2.05) is 0 Å². The lowest BCUT2D eigenvalue weighted by Gasteiger charge is -2.29. The van der Waals surface area contributed by atoms with E-state index in [1.54, 1.807) is 7.11 Å². The van der Waals surface area contributed by atoms with Crippen LogP contribution in [0.3, 0.4) is 0 Å². The third-order valence-electron chi connectivity index (χ3n) is 2.88. The summed E-state index contributed by atoms with van der Waals surface area (Å²) in [7, 11) is 1.61. The highest BCUT2D eigenvalue weighted by Crippen LogP contribution is 2.17. The van der Waals surface area contributed by atoms with E-state index in [0.29, 0.717) is 26.2 Å². The SMILES string of the molecule is COCCOCC(O)CC1CNCCC1O. The number of ether oxygens (including phenoxy) is 2. The number of rotatable bonds is 7. The summed E-state index contributed by atoms with van der Waals surface area (Å²) >= 11 is 0. The molecule has 0 aromatic rings. The van der Waals surface area contributed by atoms with Gasteiger partial charge in [0.2, 0.25) is 0 Å². The summed E-state index contributed by atoms with van der Waals surface area (Å²) in [6.45, 7) is 2.99. The average molecular weight is 233 g/mol. The highest BCUT2D eigenvalue weighted by atomic mass is 16.5. The summed E-state index contributed by atoms with van der Waals surface area (Å²) in [5.41, 5.74) is 0. The van der Waals surface area contributed by atoms with Crippen molar-refractivity contribution in [2.45, 2.75) is 25.0 Å². The van der Waals surface area contributed by atoms with Crippen molar-refractivity contribution in [3.05, 3.63) is 0 Å². The molecule has 3 atom stereocenters. The fourth-order valence-electron chi connectivity index (χ4n) is 1.93. The van der Waals surface area contributed by atoms with Crippen LogP contribution in [0, 0.1) is 5.92 Å². The summed E-state index contributed by atoms with van der Waals surface area (Å²) in [5, 5.41) is 22.6. The van der Waals surface area contributed by atoms with Gasteiger partial charge in [0.25, 0.3) is 0 Å². The number of aliphatic hydroxyl groups is 2. The van der Waals surface area contributed by atoms with E-state index in [4.69, 9.17) is 9.47 Å². The van der Waals surface area contributed by atoms with Crippen molar-refractivity contribution in [1.82, 2.24) is 5.32 Å². The van der Waals surface area contributed by atoms with E-state index in [0.717, 1.165) is 19.5 Å². The first-order chi connectivity index (χ1) is 7.74. The molecule has 1 heterocycles. The molecule has 0 bridgehead atoms. The van der Waals surface area contributed by atoms with E-state index in [1.165, 1.54) is 0 Å². The lowest BCUT2D eigenvalue weighted by molar-refractivity contribution is -0.0132. The van der Waals surface area contributed by atoms with Crippen molar-refractivity contribution < 1.29 is 19.7 Å². The minimum absolute atomic E-state index is 0.134. The van der Waals surface area contributed by atoms with Gasteiger partial charge in [-0.3, -0.25) is 0 Å². The van der Waals surface area contributed by atoms with Gasteiger partial charge in [0.05, 0.1) is 32.0 Å². The van der Waals surface area contributed by atoms with Gasteiger partial charge in [0, 0.05) is 13.7 Å². The van der Waals surface area contributed by atoms with Crippen LogP contribution in [0.5, 0.6) is 0 Å². The van der Waals surface area contributed by atoms with Crippen LogP contribution in [-0.4, -0.2) is 62.4 Å². The quantitative estimate of drug-likeness (QED) is 0.511. The Labute approximate surface area is 96.7 Å². The molecule has 0 aromatic heterocycles. The first-order valence-electron chi connectivity index (χ1n) is 5.87. The molecule has 16 heavy (non-hydrogen) atoms. The fourth-order valence-corrected chi connectivity index (χ4v) is 1.93. The Morgan fingerprint density at radius 3 is 2.94 bits per heavy atom. The molecule has 0 aliphatic carbocycles. The normalized spacial score (nSPS) is 27.9. The molecule has 0 radical (unpaired) electrons. The first kappa shape index (κ1) is 13.9. The van der Waals surface area contributed by atoms with Crippen LogP contribution in [0.1, 0.15) is 12.8 Å². The second-order valence-electron chi connectivity index (χ2n) is 4.28. The van der Waals surface area contributed by atoms with Gasteiger partial charge in [-0.15, -0.1) is 0 Å². The molecule has 1 fully saturated rings. The number of nitrogens with one attached hydrogen (secondary N) is 1. The van der Waals surface area contributed by atoms with Gasteiger partial charge in [-0.1, -0.05) is 0 Å². The second-order valence-corrected chi connectivity index (χ2v) is 4.28. The topological polar surface area (TPSA) is 71.0 Å². The number of methoxy groups -OCH3 is 1. The third-order valence-corrected chi connectivity index (χ3v) is 2.88. The molecule has 5 nitrogen and oxygen atoms in total. The van der Waals surface area contributed by atoms with Crippen LogP contribution in [0.25, 0.3) is 0 Å². The molecule has 3 unspecified atom stereocenters. The van der Waals surface area contributed by atoms with E-state index >= 15 is 0 Å². The Balaban J connectivity index is 2.09. The maximum atomic E-state index is 9.72. The lowest BCUT2D eigenvalue weighted by Crippen LogP contribution is -2.41. The number of hydrogen-bond donors (Lipinski definition) is 3. The van der Waals surface area contributed by atoms with Crippen molar-refractivity contribution in [3.8, 4) is 0 Å². The highest BCUT2D eigenvalue weighted by Gasteiger charge is 2.25. The predicted octanol–water partition coefficient (Wildman–Crippen LogP) is -0.629.